The molecule has 0 saturated carbocycles. The van der Waals surface area contributed by atoms with Crippen molar-refractivity contribution in [2.24, 2.45) is 0 Å². The Balaban J connectivity index is 2.54. The van der Waals surface area contributed by atoms with Gasteiger partial charge in [0.1, 0.15) is 0 Å². The van der Waals surface area contributed by atoms with Crippen LogP contribution in [-0.2, 0) is 0 Å². The highest BCUT2D eigenvalue weighted by Crippen LogP contribution is 2.07. The lowest BCUT2D eigenvalue weighted by Crippen LogP contribution is -2.11. The van der Waals surface area contributed by atoms with Gasteiger partial charge < -0.3 is 5.32 Å². The van der Waals surface area contributed by atoms with Crippen molar-refractivity contribution in [1.82, 2.24) is 5.32 Å². The Labute approximate surface area is 74.1 Å². The first-order valence-corrected chi connectivity index (χ1v) is 4.32. The first-order valence-electron chi connectivity index (χ1n) is 4.32. The SMILES string of the molecule is C=C(NCCC)c1ccccc1. The molecule has 0 bridgehead atoms. The number of rotatable bonds is 4. The quantitative estimate of drug-likeness (QED) is 0.715. The zero-order valence-corrected chi connectivity index (χ0v) is 7.51. The molecule has 0 radical (unpaired) electrons. The maximum atomic E-state index is 3.95. The summed E-state index contributed by atoms with van der Waals surface area (Å²) in [5, 5.41) is 3.25. The summed E-state index contributed by atoms with van der Waals surface area (Å²) in [7, 11) is 0. The molecule has 1 N–H and O–H groups in total. The lowest BCUT2D eigenvalue weighted by Gasteiger charge is -2.07. The van der Waals surface area contributed by atoms with E-state index >= 15 is 0 Å². The predicted octanol–water partition coefficient (Wildman–Crippen LogP) is 2.66. The Kier molecular flexibility index (Phi) is 3.39. The lowest BCUT2D eigenvalue weighted by molar-refractivity contribution is 0.825. The molecule has 0 heterocycles. The Hall–Kier alpha value is -1.24. The van der Waals surface area contributed by atoms with Gasteiger partial charge in [0.15, 0.2) is 0 Å². The van der Waals surface area contributed by atoms with Crippen LogP contribution in [0.2, 0.25) is 0 Å². The molecule has 0 aliphatic carbocycles. The van der Waals surface area contributed by atoms with Gasteiger partial charge in [-0.15, -0.1) is 0 Å². The Morgan fingerprint density at radius 2 is 2.00 bits per heavy atom. The van der Waals surface area contributed by atoms with Crippen LogP contribution in [0, 0.1) is 0 Å². The largest absolute Gasteiger partial charge is 0.385 e. The third-order valence-corrected chi connectivity index (χ3v) is 1.71. The van der Waals surface area contributed by atoms with Gasteiger partial charge >= 0.3 is 0 Å². The summed E-state index contributed by atoms with van der Waals surface area (Å²) in [4.78, 5) is 0. The fourth-order valence-electron chi connectivity index (χ4n) is 1.02. The van der Waals surface area contributed by atoms with Crippen molar-refractivity contribution in [3.63, 3.8) is 0 Å². The molecule has 0 aromatic heterocycles. The molecule has 1 heteroatoms. The summed E-state index contributed by atoms with van der Waals surface area (Å²) in [5.41, 5.74) is 2.18. The van der Waals surface area contributed by atoms with Gasteiger partial charge in [0.05, 0.1) is 0 Å². The summed E-state index contributed by atoms with van der Waals surface area (Å²) in [5.74, 6) is 0. The van der Waals surface area contributed by atoms with Gasteiger partial charge in [0.2, 0.25) is 0 Å². The van der Waals surface area contributed by atoms with E-state index in [0.717, 1.165) is 18.7 Å². The van der Waals surface area contributed by atoms with Gasteiger partial charge in [-0.25, -0.2) is 0 Å². The molecular weight excluding hydrogens is 146 g/mol. The van der Waals surface area contributed by atoms with Gasteiger partial charge in [-0.05, 0) is 12.0 Å². The summed E-state index contributed by atoms with van der Waals surface area (Å²) < 4.78 is 0. The standard InChI is InChI=1S/C11H15N/c1-3-9-12-10(2)11-7-5-4-6-8-11/h4-8,12H,2-3,9H2,1H3. The lowest BCUT2D eigenvalue weighted by atomic mass is 10.2. The van der Waals surface area contributed by atoms with Gasteiger partial charge in [0.25, 0.3) is 0 Å². The predicted molar refractivity (Wildman–Crippen MR) is 53.8 cm³/mol. The van der Waals surface area contributed by atoms with E-state index in [9.17, 15) is 0 Å². The van der Waals surface area contributed by atoms with Crippen molar-refractivity contribution < 1.29 is 0 Å². The smallest absolute Gasteiger partial charge is 0.0340 e. The van der Waals surface area contributed by atoms with E-state index in [1.165, 1.54) is 5.56 Å². The molecule has 1 aromatic carbocycles. The zero-order valence-electron chi connectivity index (χ0n) is 7.51. The number of benzene rings is 1. The van der Waals surface area contributed by atoms with E-state index in [1.807, 2.05) is 18.2 Å². The highest BCUT2D eigenvalue weighted by Gasteiger charge is 1.93. The molecule has 0 unspecified atom stereocenters. The fourth-order valence-corrected chi connectivity index (χ4v) is 1.02. The summed E-state index contributed by atoms with van der Waals surface area (Å²) in [6, 6.07) is 10.2. The van der Waals surface area contributed by atoms with Crippen LogP contribution < -0.4 is 5.32 Å². The molecule has 0 saturated heterocycles. The second kappa shape index (κ2) is 4.60. The molecule has 12 heavy (non-hydrogen) atoms. The van der Waals surface area contributed by atoms with E-state index in [-0.39, 0.29) is 0 Å². The Bertz CT molecular complexity index is 238. The minimum absolute atomic E-state index is 0.994. The van der Waals surface area contributed by atoms with Crippen molar-refractivity contribution in [2.45, 2.75) is 13.3 Å². The summed E-state index contributed by atoms with van der Waals surface area (Å²) >= 11 is 0. The summed E-state index contributed by atoms with van der Waals surface area (Å²) in [6.07, 6.45) is 1.13. The third-order valence-electron chi connectivity index (χ3n) is 1.71. The molecule has 0 aliphatic heterocycles. The van der Waals surface area contributed by atoms with E-state index in [2.05, 4.69) is 31.0 Å². The molecular formula is C11H15N. The monoisotopic (exact) mass is 161 g/mol. The molecule has 0 amide bonds. The van der Waals surface area contributed by atoms with Crippen molar-refractivity contribution in [1.29, 1.82) is 0 Å². The van der Waals surface area contributed by atoms with Gasteiger partial charge in [0, 0.05) is 12.2 Å². The first-order chi connectivity index (χ1) is 5.84. The average molecular weight is 161 g/mol. The molecule has 1 aromatic rings. The van der Waals surface area contributed by atoms with Crippen LogP contribution in [0.15, 0.2) is 36.9 Å². The Morgan fingerprint density at radius 3 is 2.58 bits per heavy atom. The van der Waals surface area contributed by atoms with Crippen LogP contribution in [0.25, 0.3) is 5.70 Å². The van der Waals surface area contributed by atoms with Crippen LogP contribution in [0.4, 0.5) is 0 Å². The van der Waals surface area contributed by atoms with Crippen LogP contribution in [0.1, 0.15) is 18.9 Å². The fraction of sp³-hybridized carbons (Fsp3) is 0.273. The second-order valence-electron chi connectivity index (χ2n) is 2.77. The van der Waals surface area contributed by atoms with E-state index in [4.69, 9.17) is 0 Å². The molecule has 64 valence electrons. The normalized spacial score (nSPS) is 9.42. The van der Waals surface area contributed by atoms with E-state index < -0.39 is 0 Å². The molecule has 1 nitrogen and oxygen atoms in total. The van der Waals surface area contributed by atoms with Crippen LogP contribution in [0.3, 0.4) is 0 Å². The molecule has 0 spiro atoms. The van der Waals surface area contributed by atoms with Crippen molar-refractivity contribution in [3.05, 3.63) is 42.5 Å². The van der Waals surface area contributed by atoms with Crippen molar-refractivity contribution >= 4 is 5.70 Å². The number of nitrogens with one attached hydrogen (secondary N) is 1. The van der Waals surface area contributed by atoms with E-state index in [1.54, 1.807) is 0 Å². The third kappa shape index (κ3) is 2.42. The molecule has 0 atom stereocenters. The van der Waals surface area contributed by atoms with Crippen molar-refractivity contribution in [3.8, 4) is 0 Å². The van der Waals surface area contributed by atoms with Crippen LogP contribution in [0.5, 0.6) is 0 Å². The minimum atomic E-state index is 0.994. The highest BCUT2D eigenvalue weighted by molar-refractivity contribution is 5.61. The maximum absolute atomic E-state index is 3.95. The summed E-state index contributed by atoms with van der Waals surface area (Å²) in [6.45, 7) is 7.09. The van der Waals surface area contributed by atoms with Gasteiger partial charge in [-0.3, -0.25) is 0 Å². The molecule has 0 fully saturated rings. The van der Waals surface area contributed by atoms with Gasteiger partial charge in [-0.2, -0.15) is 0 Å². The number of hydrogen-bond donors (Lipinski definition) is 1. The molecule has 0 aliphatic rings. The second-order valence-corrected chi connectivity index (χ2v) is 2.77. The first kappa shape index (κ1) is 8.85. The Morgan fingerprint density at radius 1 is 1.33 bits per heavy atom. The van der Waals surface area contributed by atoms with E-state index in [0.29, 0.717) is 0 Å². The van der Waals surface area contributed by atoms with Crippen LogP contribution in [-0.4, -0.2) is 6.54 Å². The van der Waals surface area contributed by atoms with Crippen LogP contribution >= 0.6 is 0 Å². The van der Waals surface area contributed by atoms with Gasteiger partial charge in [-0.1, -0.05) is 43.8 Å². The zero-order chi connectivity index (χ0) is 8.81. The average Bonchev–Trinajstić information content (AvgIpc) is 2.15. The van der Waals surface area contributed by atoms with Crippen molar-refractivity contribution in [2.75, 3.05) is 6.54 Å². The number of hydrogen-bond acceptors (Lipinski definition) is 1. The maximum Gasteiger partial charge on any atom is 0.0340 e. The topological polar surface area (TPSA) is 12.0 Å². The molecule has 1 rings (SSSR count). The highest BCUT2D eigenvalue weighted by atomic mass is 14.9. The minimum Gasteiger partial charge on any atom is -0.385 e.